The van der Waals surface area contributed by atoms with Gasteiger partial charge in [-0.25, -0.2) is 4.98 Å². The molecule has 1 heterocycles. The van der Waals surface area contributed by atoms with Crippen molar-refractivity contribution >= 4 is 30.5 Å². The Bertz CT molecular complexity index is 208. The highest BCUT2D eigenvalue weighted by atomic mass is 35.5. The smallest absolute Gasteiger partial charge is 0.236 e. The lowest BCUT2D eigenvalue weighted by Gasteiger charge is -1.98. The second kappa shape index (κ2) is 6.07. The van der Waals surface area contributed by atoms with Gasteiger partial charge in [-0.3, -0.25) is 0 Å². The first-order valence-corrected chi connectivity index (χ1v) is 2.59. The Kier molecular flexibility index (Phi) is 7.15. The molecule has 0 saturated carbocycles. The molecule has 0 aliphatic rings. The molecule has 0 radical (unpaired) electrons. The number of nitrogens with two attached hydrogens (primary N) is 1. The monoisotopic (exact) mass is 196 g/mol. The number of nitrogen functional groups attached to an aromatic ring is 1. The van der Waals surface area contributed by atoms with Crippen molar-refractivity contribution in [1.29, 1.82) is 0 Å². The van der Waals surface area contributed by atoms with E-state index in [2.05, 4.69) is 4.98 Å². The number of nitrogens with zero attached hydrogens (tertiary/aromatic N) is 1. The van der Waals surface area contributed by atoms with Crippen LogP contribution in [0.4, 0.5) is 5.69 Å². The minimum Gasteiger partial charge on any atom is -0.480 e. The van der Waals surface area contributed by atoms with E-state index in [-0.39, 0.29) is 24.8 Å². The minimum absolute atomic E-state index is 0. The number of hydrogen-bond acceptors (Lipinski definition) is 3. The van der Waals surface area contributed by atoms with Gasteiger partial charge in [-0.2, -0.15) is 0 Å². The van der Waals surface area contributed by atoms with E-state index in [1.54, 1.807) is 25.4 Å². The molecule has 0 fully saturated rings. The third-order valence-corrected chi connectivity index (χ3v) is 0.994. The molecule has 1 rings (SSSR count). The van der Waals surface area contributed by atoms with Crippen LogP contribution in [0.1, 0.15) is 0 Å². The van der Waals surface area contributed by atoms with Gasteiger partial charge in [0, 0.05) is 6.20 Å². The molecule has 0 bridgehead atoms. The maximum atomic E-state index is 5.44. The van der Waals surface area contributed by atoms with Crippen LogP contribution < -0.4 is 10.5 Å². The molecule has 11 heavy (non-hydrogen) atoms. The van der Waals surface area contributed by atoms with E-state index in [0.29, 0.717) is 11.6 Å². The summed E-state index contributed by atoms with van der Waals surface area (Å²) >= 11 is 0. The van der Waals surface area contributed by atoms with Gasteiger partial charge in [0.2, 0.25) is 5.88 Å². The maximum Gasteiger partial charge on any atom is 0.236 e. The van der Waals surface area contributed by atoms with Crippen LogP contribution in [0.15, 0.2) is 18.3 Å². The molecule has 0 aliphatic heterocycles. The average molecular weight is 197 g/mol. The van der Waals surface area contributed by atoms with Crippen LogP contribution in [0.5, 0.6) is 5.88 Å². The molecule has 0 atom stereocenters. The third-order valence-electron chi connectivity index (χ3n) is 0.994. The zero-order valence-corrected chi connectivity index (χ0v) is 7.61. The van der Waals surface area contributed by atoms with Crippen molar-refractivity contribution in [2.75, 3.05) is 12.8 Å². The Hall–Kier alpha value is -0.670. The molecule has 2 N–H and O–H groups in total. The van der Waals surface area contributed by atoms with Gasteiger partial charge in [0.25, 0.3) is 0 Å². The fraction of sp³-hybridized carbons (Fsp3) is 0.167. The normalized spacial score (nSPS) is 7.36. The summed E-state index contributed by atoms with van der Waals surface area (Å²) in [6.45, 7) is 0. The quantitative estimate of drug-likeness (QED) is 0.742. The van der Waals surface area contributed by atoms with Crippen molar-refractivity contribution in [3.63, 3.8) is 0 Å². The number of ether oxygens (including phenoxy) is 1. The van der Waals surface area contributed by atoms with Gasteiger partial charge in [0.05, 0.1) is 12.8 Å². The van der Waals surface area contributed by atoms with Crippen molar-refractivity contribution < 1.29 is 4.74 Å². The van der Waals surface area contributed by atoms with Gasteiger partial charge in [-0.15, -0.1) is 24.8 Å². The molecule has 5 heteroatoms. The third kappa shape index (κ3) is 3.30. The molecule has 1 aromatic heterocycles. The maximum absolute atomic E-state index is 5.44. The summed E-state index contributed by atoms with van der Waals surface area (Å²) in [5.41, 5.74) is 6.01. The van der Waals surface area contributed by atoms with E-state index in [0.717, 1.165) is 0 Å². The highest BCUT2D eigenvalue weighted by molar-refractivity contribution is 5.85. The van der Waals surface area contributed by atoms with Gasteiger partial charge in [-0.1, -0.05) is 0 Å². The molecule has 0 saturated heterocycles. The van der Waals surface area contributed by atoms with Crippen LogP contribution in [0.2, 0.25) is 0 Å². The van der Waals surface area contributed by atoms with Gasteiger partial charge < -0.3 is 10.5 Å². The number of aromatic nitrogens is 1. The number of methoxy groups -OCH3 is 1. The first-order chi connectivity index (χ1) is 4.34. The minimum atomic E-state index is 0. The number of pyridine rings is 1. The van der Waals surface area contributed by atoms with Gasteiger partial charge in [-0.05, 0) is 12.1 Å². The fourth-order valence-electron chi connectivity index (χ4n) is 0.574. The van der Waals surface area contributed by atoms with Crippen molar-refractivity contribution in [1.82, 2.24) is 4.98 Å². The standard InChI is InChI=1S/C6H8N2O.2ClH/c1-9-6-5(7)3-2-4-8-6;;/h2-4H,7H2,1H3;2*1H. The van der Waals surface area contributed by atoms with E-state index < -0.39 is 0 Å². The second-order valence-electron chi connectivity index (χ2n) is 1.60. The highest BCUT2D eigenvalue weighted by Gasteiger charge is 1.93. The first-order valence-electron chi connectivity index (χ1n) is 2.59. The van der Waals surface area contributed by atoms with E-state index in [4.69, 9.17) is 10.5 Å². The Labute approximate surface area is 77.8 Å². The van der Waals surface area contributed by atoms with E-state index in [1.165, 1.54) is 0 Å². The first kappa shape index (κ1) is 13.0. The molecule has 3 nitrogen and oxygen atoms in total. The Balaban J connectivity index is 0. The van der Waals surface area contributed by atoms with E-state index in [9.17, 15) is 0 Å². The second-order valence-corrected chi connectivity index (χ2v) is 1.60. The Morgan fingerprint density at radius 1 is 1.45 bits per heavy atom. The summed E-state index contributed by atoms with van der Waals surface area (Å²) in [5, 5.41) is 0. The summed E-state index contributed by atoms with van der Waals surface area (Å²) in [7, 11) is 1.54. The molecule has 1 aromatic rings. The van der Waals surface area contributed by atoms with Gasteiger partial charge in [0.1, 0.15) is 0 Å². The Morgan fingerprint density at radius 3 is 2.45 bits per heavy atom. The van der Waals surface area contributed by atoms with Crippen LogP contribution in [0, 0.1) is 0 Å². The number of anilines is 1. The molecular weight excluding hydrogens is 187 g/mol. The number of rotatable bonds is 1. The number of halogens is 2. The lowest BCUT2D eigenvalue weighted by Crippen LogP contribution is -1.93. The zero-order valence-electron chi connectivity index (χ0n) is 5.98. The van der Waals surface area contributed by atoms with Gasteiger partial charge >= 0.3 is 0 Å². The van der Waals surface area contributed by atoms with Crippen molar-refractivity contribution in [2.45, 2.75) is 0 Å². The van der Waals surface area contributed by atoms with Crippen molar-refractivity contribution in [2.24, 2.45) is 0 Å². The van der Waals surface area contributed by atoms with Gasteiger partial charge in [0.15, 0.2) is 0 Å². The lowest BCUT2D eigenvalue weighted by atomic mass is 10.4. The van der Waals surface area contributed by atoms with E-state index in [1.807, 2.05) is 0 Å². The van der Waals surface area contributed by atoms with E-state index >= 15 is 0 Å². The molecule has 0 unspecified atom stereocenters. The SMILES string of the molecule is COc1ncccc1N.Cl.Cl. The van der Waals surface area contributed by atoms with Crippen LogP contribution in [-0.4, -0.2) is 12.1 Å². The Morgan fingerprint density at radius 2 is 2.09 bits per heavy atom. The predicted octanol–water partition coefficient (Wildman–Crippen LogP) is 1.52. The predicted molar refractivity (Wildman–Crippen MR) is 49.7 cm³/mol. The van der Waals surface area contributed by atoms with Crippen LogP contribution in [-0.2, 0) is 0 Å². The topological polar surface area (TPSA) is 48.1 Å². The zero-order chi connectivity index (χ0) is 6.69. The van der Waals surface area contributed by atoms with Crippen molar-refractivity contribution in [3.8, 4) is 5.88 Å². The molecule has 64 valence electrons. The number of hydrogen-bond donors (Lipinski definition) is 1. The highest BCUT2D eigenvalue weighted by Crippen LogP contribution is 2.13. The fourth-order valence-corrected chi connectivity index (χ4v) is 0.574. The summed E-state index contributed by atoms with van der Waals surface area (Å²) in [6, 6.07) is 3.50. The summed E-state index contributed by atoms with van der Waals surface area (Å²) in [5.74, 6) is 0.484. The van der Waals surface area contributed by atoms with Crippen LogP contribution in [0.25, 0.3) is 0 Å². The molecule has 0 spiro atoms. The van der Waals surface area contributed by atoms with Crippen molar-refractivity contribution in [3.05, 3.63) is 18.3 Å². The molecule has 0 aromatic carbocycles. The summed E-state index contributed by atoms with van der Waals surface area (Å²) < 4.78 is 4.81. The molecular formula is C6H10Cl2N2O. The largest absolute Gasteiger partial charge is 0.480 e. The average Bonchev–Trinajstić information content (AvgIpc) is 1.89. The van der Waals surface area contributed by atoms with Crippen LogP contribution in [0.3, 0.4) is 0 Å². The summed E-state index contributed by atoms with van der Waals surface area (Å²) in [6.07, 6.45) is 1.63. The van der Waals surface area contributed by atoms with Crippen LogP contribution >= 0.6 is 24.8 Å². The lowest BCUT2D eigenvalue weighted by molar-refractivity contribution is 0.400. The summed E-state index contributed by atoms with van der Waals surface area (Å²) in [4.78, 5) is 3.85. The molecule has 0 aliphatic carbocycles. The molecule has 0 amide bonds.